The molecular weight excluding hydrogens is 254 g/mol. The van der Waals surface area contributed by atoms with Gasteiger partial charge in [0.25, 0.3) is 0 Å². The average molecular weight is 273 g/mol. The van der Waals surface area contributed by atoms with Crippen LogP contribution < -0.4 is 0 Å². The van der Waals surface area contributed by atoms with E-state index in [1.54, 1.807) is 12.3 Å². The van der Waals surface area contributed by atoms with Gasteiger partial charge < -0.3 is 5.11 Å². The summed E-state index contributed by atoms with van der Waals surface area (Å²) >= 11 is 0. The third kappa shape index (κ3) is 2.40. The van der Waals surface area contributed by atoms with Crippen molar-refractivity contribution in [2.45, 2.75) is 45.6 Å². The van der Waals surface area contributed by atoms with Gasteiger partial charge in [-0.3, -0.25) is 0 Å². The van der Waals surface area contributed by atoms with Crippen LogP contribution in [0.3, 0.4) is 0 Å². The molecular formula is C15H19N3O2. The monoisotopic (exact) mass is 273 g/mol. The Labute approximate surface area is 117 Å². The summed E-state index contributed by atoms with van der Waals surface area (Å²) in [7, 11) is 0. The van der Waals surface area contributed by atoms with E-state index in [2.05, 4.69) is 10.1 Å². The summed E-state index contributed by atoms with van der Waals surface area (Å²) in [6.45, 7) is 2.67. The van der Waals surface area contributed by atoms with Gasteiger partial charge >= 0.3 is 5.97 Å². The van der Waals surface area contributed by atoms with E-state index in [4.69, 9.17) is 0 Å². The maximum absolute atomic E-state index is 11.3. The minimum Gasteiger partial charge on any atom is -0.478 e. The molecule has 106 valence electrons. The molecule has 0 amide bonds. The molecule has 1 fully saturated rings. The Morgan fingerprint density at radius 1 is 1.40 bits per heavy atom. The molecule has 5 nitrogen and oxygen atoms in total. The van der Waals surface area contributed by atoms with Gasteiger partial charge in [0, 0.05) is 12.2 Å². The van der Waals surface area contributed by atoms with Crippen LogP contribution in [0.1, 0.15) is 48.2 Å². The van der Waals surface area contributed by atoms with Gasteiger partial charge in [-0.1, -0.05) is 19.3 Å². The van der Waals surface area contributed by atoms with E-state index in [1.165, 1.54) is 32.1 Å². The molecule has 2 aromatic rings. The maximum atomic E-state index is 11.3. The normalized spacial score (nSPS) is 16.6. The Morgan fingerprint density at radius 2 is 2.15 bits per heavy atom. The zero-order chi connectivity index (χ0) is 14.1. The van der Waals surface area contributed by atoms with Crippen LogP contribution in [0.4, 0.5) is 0 Å². The van der Waals surface area contributed by atoms with Crippen LogP contribution in [0.15, 0.2) is 12.3 Å². The van der Waals surface area contributed by atoms with E-state index in [0.29, 0.717) is 22.5 Å². The van der Waals surface area contributed by atoms with E-state index in [1.807, 2.05) is 11.6 Å². The molecule has 2 heterocycles. The predicted octanol–water partition coefficient (Wildman–Crippen LogP) is 3.02. The van der Waals surface area contributed by atoms with Crippen LogP contribution in [0.5, 0.6) is 0 Å². The highest BCUT2D eigenvalue weighted by Crippen LogP contribution is 2.26. The molecule has 1 saturated carbocycles. The number of nitrogens with zero attached hydrogens (tertiary/aromatic N) is 3. The van der Waals surface area contributed by atoms with E-state index < -0.39 is 5.97 Å². The number of hydrogen-bond acceptors (Lipinski definition) is 3. The van der Waals surface area contributed by atoms with Crippen LogP contribution in [0.25, 0.3) is 11.0 Å². The van der Waals surface area contributed by atoms with Gasteiger partial charge in [-0.15, -0.1) is 0 Å². The van der Waals surface area contributed by atoms with Crippen LogP contribution in [-0.2, 0) is 6.54 Å². The van der Waals surface area contributed by atoms with Crippen molar-refractivity contribution in [3.8, 4) is 0 Å². The number of aryl methyl sites for hydroxylation is 1. The van der Waals surface area contributed by atoms with Crippen LogP contribution in [0, 0.1) is 12.8 Å². The Kier molecular flexibility index (Phi) is 3.42. The predicted molar refractivity (Wildman–Crippen MR) is 75.8 cm³/mol. The first-order chi connectivity index (χ1) is 9.65. The summed E-state index contributed by atoms with van der Waals surface area (Å²) in [4.78, 5) is 15.8. The van der Waals surface area contributed by atoms with Gasteiger partial charge in [-0.25, -0.2) is 14.5 Å². The fourth-order valence-corrected chi connectivity index (χ4v) is 3.10. The number of hydrogen-bond donors (Lipinski definition) is 1. The van der Waals surface area contributed by atoms with Gasteiger partial charge in [0.15, 0.2) is 5.65 Å². The summed E-state index contributed by atoms with van der Waals surface area (Å²) < 4.78 is 1.88. The molecule has 0 aromatic carbocycles. The molecule has 0 bridgehead atoms. The quantitative estimate of drug-likeness (QED) is 0.933. The van der Waals surface area contributed by atoms with Crippen molar-refractivity contribution in [1.29, 1.82) is 0 Å². The van der Waals surface area contributed by atoms with Crippen molar-refractivity contribution in [1.82, 2.24) is 14.8 Å². The fourth-order valence-electron chi connectivity index (χ4n) is 3.10. The Balaban J connectivity index is 1.97. The number of carbonyl (C=O) groups is 1. The summed E-state index contributed by atoms with van der Waals surface area (Å²) in [5.41, 5.74) is 1.72. The number of carboxylic acid groups (broad SMARTS) is 1. The smallest absolute Gasteiger partial charge is 0.336 e. The minimum atomic E-state index is -0.919. The number of carboxylic acids is 1. The second kappa shape index (κ2) is 5.23. The van der Waals surface area contributed by atoms with Gasteiger partial charge in [-0.2, -0.15) is 5.10 Å². The fraction of sp³-hybridized carbons (Fsp3) is 0.533. The minimum absolute atomic E-state index is 0.294. The number of aromatic carboxylic acids is 1. The first kappa shape index (κ1) is 13.1. The molecule has 0 aliphatic heterocycles. The molecule has 0 unspecified atom stereocenters. The molecule has 0 radical (unpaired) electrons. The molecule has 0 atom stereocenters. The molecule has 0 spiro atoms. The third-order valence-corrected chi connectivity index (χ3v) is 4.12. The van der Waals surface area contributed by atoms with Crippen molar-refractivity contribution in [3.05, 3.63) is 23.5 Å². The number of pyridine rings is 1. The Hall–Kier alpha value is -1.91. The van der Waals surface area contributed by atoms with Crippen LogP contribution in [-0.4, -0.2) is 25.8 Å². The lowest BCUT2D eigenvalue weighted by Gasteiger charge is -2.21. The molecule has 0 saturated heterocycles. The molecule has 2 aromatic heterocycles. The zero-order valence-electron chi connectivity index (χ0n) is 11.7. The van der Waals surface area contributed by atoms with Crippen molar-refractivity contribution in [3.63, 3.8) is 0 Å². The van der Waals surface area contributed by atoms with Crippen molar-refractivity contribution in [2.24, 2.45) is 5.92 Å². The first-order valence-electron chi connectivity index (χ1n) is 7.21. The largest absolute Gasteiger partial charge is 0.478 e. The average Bonchev–Trinajstić information content (AvgIpc) is 2.82. The highest BCUT2D eigenvalue weighted by Gasteiger charge is 2.18. The summed E-state index contributed by atoms with van der Waals surface area (Å²) in [5.74, 6) is -0.278. The van der Waals surface area contributed by atoms with E-state index >= 15 is 0 Å². The third-order valence-electron chi connectivity index (χ3n) is 4.12. The zero-order valence-corrected chi connectivity index (χ0v) is 11.7. The lowest BCUT2D eigenvalue weighted by Crippen LogP contribution is -2.15. The van der Waals surface area contributed by atoms with Gasteiger partial charge in [0.1, 0.15) is 0 Å². The van der Waals surface area contributed by atoms with Crippen molar-refractivity contribution < 1.29 is 9.90 Å². The van der Waals surface area contributed by atoms with Gasteiger partial charge in [-0.05, 0) is 31.7 Å². The van der Waals surface area contributed by atoms with Crippen molar-refractivity contribution in [2.75, 3.05) is 0 Å². The van der Waals surface area contributed by atoms with Gasteiger partial charge in [0.2, 0.25) is 0 Å². The van der Waals surface area contributed by atoms with Crippen LogP contribution in [0.2, 0.25) is 0 Å². The Morgan fingerprint density at radius 3 is 2.85 bits per heavy atom. The highest BCUT2D eigenvalue weighted by molar-refractivity contribution is 6.01. The molecule has 20 heavy (non-hydrogen) atoms. The van der Waals surface area contributed by atoms with Gasteiger partial charge in [0.05, 0.1) is 17.1 Å². The van der Waals surface area contributed by atoms with Crippen LogP contribution >= 0.6 is 0 Å². The molecule has 5 heteroatoms. The van der Waals surface area contributed by atoms with E-state index in [0.717, 1.165) is 12.2 Å². The first-order valence-corrected chi connectivity index (χ1v) is 7.21. The summed E-state index contributed by atoms with van der Waals surface area (Å²) in [6, 6.07) is 1.61. The molecule has 1 N–H and O–H groups in total. The topological polar surface area (TPSA) is 68.0 Å². The lowest BCUT2D eigenvalue weighted by molar-refractivity contribution is 0.0699. The summed E-state index contributed by atoms with van der Waals surface area (Å²) in [5, 5.41) is 14.3. The molecule has 1 aliphatic rings. The molecule has 3 rings (SSSR count). The standard InChI is InChI=1S/C15H19N3O2/c1-10-7-12(15(19)20)13-8-16-18(14(13)17-10)9-11-5-3-2-4-6-11/h7-8,11H,2-6,9H2,1H3,(H,19,20). The highest BCUT2D eigenvalue weighted by atomic mass is 16.4. The number of fused-ring (bicyclic) bond motifs is 1. The summed E-state index contributed by atoms with van der Waals surface area (Å²) in [6.07, 6.45) is 8.01. The SMILES string of the molecule is Cc1cc(C(=O)O)c2cnn(CC3CCCCC3)c2n1. The van der Waals surface area contributed by atoms with E-state index in [-0.39, 0.29) is 0 Å². The second-order valence-electron chi connectivity index (χ2n) is 5.68. The van der Waals surface area contributed by atoms with Crippen molar-refractivity contribution >= 4 is 17.0 Å². The number of aromatic nitrogens is 3. The lowest BCUT2D eigenvalue weighted by atomic mass is 9.89. The second-order valence-corrected chi connectivity index (χ2v) is 5.68. The van der Waals surface area contributed by atoms with E-state index in [9.17, 15) is 9.90 Å². The number of rotatable bonds is 3. The maximum Gasteiger partial charge on any atom is 0.336 e. The Bertz CT molecular complexity index is 642. The molecule has 1 aliphatic carbocycles.